The predicted octanol–water partition coefficient (Wildman–Crippen LogP) is 1.93. The van der Waals surface area contributed by atoms with Gasteiger partial charge >= 0.3 is 0 Å². The van der Waals surface area contributed by atoms with Crippen molar-refractivity contribution < 1.29 is 9.53 Å². The van der Waals surface area contributed by atoms with Crippen LogP contribution >= 0.6 is 15.9 Å². The second kappa shape index (κ2) is 5.93. The number of carbonyl (C=O) groups is 1. The molecule has 1 N–H and O–H groups in total. The predicted molar refractivity (Wildman–Crippen MR) is 78.6 cm³/mol. The lowest BCUT2D eigenvalue weighted by molar-refractivity contribution is -0.129. The normalized spacial score (nSPS) is 18.6. The first-order chi connectivity index (χ1) is 9.75. The van der Waals surface area contributed by atoms with E-state index < -0.39 is 0 Å². The van der Waals surface area contributed by atoms with Crippen molar-refractivity contribution in [1.82, 2.24) is 14.7 Å². The van der Waals surface area contributed by atoms with Crippen LogP contribution in [0.5, 0.6) is 0 Å². The summed E-state index contributed by atoms with van der Waals surface area (Å²) in [5.74, 6) is 0.919. The first kappa shape index (κ1) is 13.6. The average Bonchev–Trinajstić information content (AvgIpc) is 3.09. The van der Waals surface area contributed by atoms with Gasteiger partial charge in [-0.3, -0.25) is 4.79 Å². The molecule has 1 amide bonds. The molecule has 0 radical (unpaired) electrons. The van der Waals surface area contributed by atoms with E-state index in [1.165, 1.54) is 0 Å². The van der Waals surface area contributed by atoms with E-state index in [2.05, 4.69) is 26.2 Å². The van der Waals surface area contributed by atoms with Crippen molar-refractivity contribution >= 4 is 27.4 Å². The Morgan fingerprint density at radius 2 is 2.45 bits per heavy atom. The first-order valence-corrected chi connectivity index (χ1v) is 7.56. The Kier molecular flexibility index (Phi) is 4.03. The Morgan fingerprint density at radius 3 is 3.25 bits per heavy atom. The molecular weight excluding hydrogens is 322 g/mol. The van der Waals surface area contributed by atoms with Crippen LogP contribution in [0.1, 0.15) is 18.7 Å². The van der Waals surface area contributed by atoms with Crippen LogP contribution in [0.15, 0.2) is 29.0 Å². The summed E-state index contributed by atoms with van der Waals surface area (Å²) in [7, 11) is 0. The number of fused-ring (bicyclic) bond motifs is 1. The van der Waals surface area contributed by atoms with Gasteiger partial charge in [0.2, 0.25) is 5.91 Å². The maximum absolute atomic E-state index is 11.8. The molecular formula is C14H16BrN3O2. The number of rotatable bonds is 4. The molecule has 0 aromatic carbocycles. The molecule has 6 heteroatoms. The number of carbonyl (C=O) groups excluding carboxylic acids is 1. The monoisotopic (exact) mass is 337 g/mol. The third kappa shape index (κ3) is 2.71. The molecule has 5 nitrogen and oxygen atoms in total. The van der Waals surface area contributed by atoms with Gasteiger partial charge in [0.15, 0.2) is 0 Å². The van der Waals surface area contributed by atoms with Gasteiger partial charge in [-0.05, 0) is 40.9 Å². The maximum Gasteiger partial charge on any atom is 0.249 e. The van der Waals surface area contributed by atoms with Crippen LogP contribution in [0.3, 0.4) is 0 Å². The molecule has 1 fully saturated rings. The molecule has 3 rings (SSSR count). The number of halogens is 1. The van der Waals surface area contributed by atoms with Gasteiger partial charge in [0.25, 0.3) is 0 Å². The topological polar surface area (TPSA) is 55.6 Å². The number of amides is 1. The van der Waals surface area contributed by atoms with Crippen LogP contribution in [0.2, 0.25) is 0 Å². The highest BCUT2D eigenvalue weighted by atomic mass is 79.9. The Morgan fingerprint density at radius 1 is 1.55 bits per heavy atom. The highest BCUT2D eigenvalue weighted by Crippen LogP contribution is 2.18. The molecule has 0 saturated carbocycles. The number of nitrogens with one attached hydrogen (secondary N) is 1. The van der Waals surface area contributed by atoms with E-state index in [0.717, 1.165) is 28.8 Å². The zero-order valence-corrected chi connectivity index (χ0v) is 12.6. The van der Waals surface area contributed by atoms with Crippen LogP contribution < -0.4 is 5.32 Å². The molecule has 1 aliphatic rings. The summed E-state index contributed by atoms with van der Waals surface area (Å²) in [5, 5.41) is 2.91. The van der Waals surface area contributed by atoms with E-state index in [4.69, 9.17) is 4.74 Å². The maximum atomic E-state index is 11.8. The van der Waals surface area contributed by atoms with Gasteiger partial charge in [-0.15, -0.1) is 0 Å². The summed E-state index contributed by atoms with van der Waals surface area (Å²) < 4.78 is 8.21. The van der Waals surface area contributed by atoms with Crippen molar-refractivity contribution in [2.75, 3.05) is 13.2 Å². The summed E-state index contributed by atoms with van der Waals surface area (Å²) >= 11 is 3.45. The number of nitrogens with zero attached hydrogens (tertiary/aromatic N) is 2. The molecule has 1 unspecified atom stereocenters. The van der Waals surface area contributed by atoms with E-state index in [0.29, 0.717) is 19.6 Å². The molecule has 1 atom stereocenters. The Labute approximate surface area is 125 Å². The molecule has 20 heavy (non-hydrogen) atoms. The van der Waals surface area contributed by atoms with Crippen LogP contribution in [-0.2, 0) is 16.0 Å². The van der Waals surface area contributed by atoms with Crippen molar-refractivity contribution in [3.63, 3.8) is 0 Å². The first-order valence-electron chi connectivity index (χ1n) is 6.76. The highest BCUT2D eigenvalue weighted by molar-refractivity contribution is 9.10. The lowest BCUT2D eigenvalue weighted by atomic mass is 10.2. The molecule has 3 heterocycles. The minimum absolute atomic E-state index is 0.0116. The van der Waals surface area contributed by atoms with Gasteiger partial charge in [-0.25, -0.2) is 4.98 Å². The van der Waals surface area contributed by atoms with Crippen LogP contribution in [0.25, 0.3) is 5.52 Å². The average molecular weight is 338 g/mol. The van der Waals surface area contributed by atoms with Gasteiger partial charge in [-0.2, -0.15) is 0 Å². The van der Waals surface area contributed by atoms with Crippen LogP contribution in [-0.4, -0.2) is 34.5 Å². The van der Waals surface area contributed by atoms with Gasteiger partial charge in [0.1, 0.15) is 16.5 Å². The third-order valence-electron chi connectivity index (χ3n) is 3.45. The number of hydrogen-bond donors (Lipinski definition) is 1. The van der Waals surface area contributed by atoms with E-state index in [-0.39, 0.29) is 12.0 Å². The van der Waals surface area contributed by atoms with Crippen molar-refractivity contribution in [3.8, 4) is 0 Å². The fraction of sp³-hybridized carbons (Fsp3) is 0.429. The second-order valence-corrected chi connectivity index (χ2v) is 5.57. The quantitative estimate of drug-likeness (QED) is 0.927. The van der Waals surface area contributed by atoms with Crippen molar-refractivity contribution in [1.29, 1.82) is 0 Å². The third-order valence-corrected chi connectivity index (χ3v) is 4.03. The molecule has 106 valence electrons. The zero-order valence-electron chi connectivity index (χ0n) is 11.0. The molecule has 2 aromatic rings. The van der Waals surface area contributed by atoms with E-state index in [9.17, 15) is 4.79 Å². The molecule has 2 aromatic heterocycles. The number of aromatic nitrogens is 2. The van der Waals surface area contributed by atoms with E-state index in [1.807, 2.05) is 28.8 Å². The lowest BCUT2D eigenvalue weighted by Gasteiger charge is -2.09. The molecule has 1 saturated heterocycles. The number of ether oxygens (including phenoxy) is 1. The van der Waals surface area contributed by atoms with E-state index >= 15 is 0 Å². The fourth-order valence-corrected chi connectivity index (χ4v) is 2.96. The molecule has 0 aliphatic carbocycles. The van der Waals surface area contributed by atoms with Crippen LogP contribution in [0, 0.1) is 0 Å². The summed E-state index contributed by atoms with van der Waals surface area (Å²) in [6.45, 7) is 1.26. The lowest BCUT2D eigenvalue weighted by Crippen LogP contribution is -2.35. The minimum atomic E-state index is -0.265. The molecule has 0 bridgehead atoms. The smallest absolute Gasteiger partial charge is 0.249 e. The largest absolute Gasteiger partial charge is 0.368 e. The van der Waals surface area contributed by atoms with Gasteiger partial charge < -0.3 is 14.5 Å². The fourth-order valence-electron chi connectivity index (χ4n) is 2.43. The Bertz CT molecular complexity index is 620. The second-order valence-electron chi connectivity index (χ2n) is 4.82. The SMILES string of the molecule is O=C(NCCc1nc(Br)c2ccccn12)C1CCCO1. The van der Waals surface area contributed by atoms with Gasteiger partial charge in [0, 0.05) is 25.8 Å². The summed E-state index contributed by atoms with van der Waals surface area (Å²) in [6.07, 6.45) is 4.19. The van der Waals surface area contributed by atoms with Crippen molar-refractivity contribution in [2.45, 2.75) is 25.4 Å². The Balaban J connectivity index is 1.61. The summed E-state index contributed by atoms with van der Waals surface area (Å²) in [6, 6.07) is 5.95. The van der Waals surface area contributed by atoms with Gasteiger partial charge in [0.05, 0.1) is 5.52 Å². The highest BCUT2D eigenvalue weighted by Gasteiger charge is 2.23. The Hall–Kier alpha value is -1.40. The van der Waals surface area contributed by atoms with Crippen molar-refractivity contribution in [2.24, 2.45) is 0 Å². The summed E-state index contributed by atoms with van der Waals surface area (Å²) in [5.41, 5.74) is 1.04. The minimum Gasteiger partial charge on any atom is -0.368 e. The standard InChI is InChI=1S/C14H16BrN3O2/c15-13-10-4-1-2-8-18(10)12(17-13)6-7-16-14(19)11-5-3-9-20-11/h1-2,4,8,11H,3,5-7,9H2,(H,16,19). The number of hydrogen-bond acceptors (Lipinski definition) is 3. The number of imidazole rings is 1. The summed E-state index contributed by atoms with van der Waals surface area (Å²) in [4.78, 5) is 16.3. The molecule has 0 spiro atoms. The van der Waals surface area contributed by atoms with Crippen LogP contribution in [0.4, 0.5) is 0 Å². The van der Waals surface area contributed by atoms with Gasteiger partial charge in [-0.1, -0.05) is 6.07 Å². The van der Waals surface area contributed by atoms with Crippen molar-refractivity contribution in [3.05, 3.63) is 34.8 Å². The number of pyridine rings is 1. The molecule has 1 aliphatic heterocycles. The van der Waals surface area contributed by atoms with E-state index in [1.54, 1.807) is 0 Å². The zero-order chi connectivity index (χ0) is 13.9.